The van der Waals surface area contributed by atoms with Gasteiger partial charge < -0.3 is 20.2 Å². The van der Waals surface area contributed by atoms with Gasteiger partial charge in [-0.25, -0.2) is 4.98 Å². The molecule has 0 radical (unpaired) electrons. The van der Waals surface area contributed by atoms with Gasteiger partial charge >= 0.3 is 0 Å². The molecule has 7 heteroatoms. The van der Waals surface area contributed by atoms with E-state index in [4.69, 9.17) is 16.0 Å². The fraction of sp³-hybridized carbons (Fsp3) is 0.167. The Balaban J connectivity index is 1.44. The lowest BCUT2D eigenvalue weighted by Crippen LogP contribution is -2.40. The van der Waals surface area contributed by atoms with E-state index in [0.29, 0.717) is 29.5 Å². The van der Waals surface area contributed by atoms with E-state index in [1.807, 2.05) is 37.4 Å². The van der Waals surface area contributed by atoms with Crippen molar-refractivity contribution in [1.29, 1.82) is 0 Å². The zero-order valence-electron chi connectivity index (χ0n) is 16.9. The quantitative estimate of drug-likeness (QED) is 0.400. The summed E-state index contributed by atoms with van der Waals surface area (Å²) in [6.07, 6.45) is 0.691. The SMILES string of the molecule is CNC(CNC(=O)c1ccccc1O)Cc1ccc2oc(-c3ccc(Cl)cc3)nc2c1. The first-order valence-electron chi connectivity index (χ1n) is 9.92. The molecule has 0 saturated carbocycles. The minimum absolute atomic E-state index is 0.00916. The van der Waals surface area contributed by atoms with Crippen LogP contribution in [0.5, 0.6) is 5.75 Å². The van der Waals surface area contributed by atoms with E-state index in [1.165, 1.54) is 6.07 Å². The number of carbonyl (C=O) groups is 1. The molecule has 0 fully saturated rings. The molecule has 0 saturated heterocycles. The molecule has 3 aromatic carbocycles. The number of para-hydroxylation sites is 1. The molecule has 4 rings (SSSR count). The molecule has 0 aliphatic heterocycles. The number of oxazole rings is 1. The van der Waals surface area contributed by atoms with E-state index in [0.717, 1.165) is 16.6 Å². The molecule has 1 amide bonds. The number of hydrogen-bond acceptors (Lipinski definition) is 5. The second-order valence-electron chi connectivity index (χ2n) is 7.24. The van der Waals surface area contributed by atoms with Crippen LogP contribution < -0.4 is 10.6 Å². The van der Waals surface area contributed by atoms with Crippen molar-refractivity contribution < 1.29 is 14.3 Å². The third-order valence-electron chi connectivity index (χ3n) is 5.09. The number of likely N-dealkylation sites (N-methyl/N-ethyl adjacent to an activating group) is 1. The number of nitrogens with zero attached hydrogens (tertiary/aromatic N) is 1. The Bertz CT molecular complexity index is 1200. The minimum Gasteiger partial charge on any atom is -0.507 e. The molecule has 31 heavy (non-hydrogen) atoms. The average Bonchev–Trinajstić information content (AvgIpc) is 3.20. The van der Waals surface area contributed by atoms with E-state index in [1.54, 1.807) is 30.3 Å². The molecular weight excluding hydrogens is 414 g/mol. The number of halogens is 1. The number of carbonyl (C=O) groups excluding carboxylic acids is 1. The summed E-state index contributed by atoms with van der Waals surface area (Å²) in [5.41, 5.74) is 3.68. The average molecular weight is 436 g/mol. The zero-order valence-corrected chi connectivity index (χ0v) is 17.7. The summed E-state index contributed by atoms with van der Waals surface area (Å²) in [4.78, 5) is 16.9. The van der Waals surface area contributed by atoms with E-state index >= 15 is 0 Å². The number of phenolic OH excluding ortho intramolecular Hbond substituents is 1. The number of amides is 1. The Labute approximate surface area is 184 Å². The van der Waals surface area contributed by atoms with Gasteiger partial charge in [-0.1, -0.05) is 29.8 Å². The summed E-state index contributed by atoms with van der Waals surface area (Å²) in [5, 5.41) is 16.6. The first-order chi connectivity index (χ1) is 15.0. The summed E-state index contributed by atoms with van der Waals surface area (Å²) in [7, 11) is 1.85. The fourth-order valence-corrected chi connectivity index (χ4v) is 3.48. The van der Waals surface area contributed by atoms with Crippen LogP contribution in [-0.4, -0.2) is 35.6 Å². The van der Waals surface area contributed by atoms with Crippen LogP contribution in [-0.2, 0) is 6.42 Å². The van der Waals surface area contributed by atoms with Crippen molar-refractivity contribution in [1.82, 2.24) is 15.6 Å². The Morgan fingerprint density at radius 3 is 2.65 bits per heavy atom. The van der Waals surface area contributed by atoms with Gasteiger partial charge in [-0.05, 0) is 67.6 Å². The molecule has 3 N–H and O–H groups in total. The van der Waals surface area contributed by atoms with Gasteiger partial charge in [0.1, 0.15) is 11.3 Å². The zero-order chi connectivity index (χ0) is 21.8. The van der Waals surface area contributed by atoms with E-state index in [2.05, 4.69) is 15.6 Å². The lowest BCUT2D eigenvalue weighted by molar-refractivity contribution is 0.0947. The lowest BCUT2D eigenvalue weighted by Gasteiger charge is -2.17. The van der Waals surface area contributed by atoms with Crippen molar-refractivity contribution in [3.05, 3.63) is 82.9 Å². The third kappa shape index (κ3) is 4.87. The maximum atomic E-state index is 12.3. The minimum atomic E-state index is -0.307. The number of rotatable bonds is 7. The Hall–Kier alpha value is -3.35. The van der Waals surface area contributed by atoms with Crippen LogP contribution in [0.4, 0.5) is 0 Å². The highest BCUT2D eigenvalue weighted by molar-refractivity contribution is 6.30. The van der Waals surface area contributed by atoms with Gasteiger partial charge in [0.25, 0.3) is 5.91 Å². The summed E-state index contributed by atoms with van der Waals surface area (Å²) >= 11 is 5.95. The second kappa shape index (κ2) is 9.20. The van der Waals surface area contributed by atoms with Crippen LogP contribution in [0.1, 0.15) is 15.9 Å². The molecule has 4 aromatic rings. The highest BCUT2D eigenvalue weighted by Crippen LogP contribution is 2.26. The third-order valence-corrected chi connectivity index (χ3v) is 5.34. The largest absolute Gasteiger partial charge is 0.507 e. The van der Waals surface area contributed by atoms with Gasteiger partial charge in [-0.15, -0.1) is 0 Å². The van der Waals surface area contributed by atoms with Crippen molar-refractivity contribution in [3.8, 4) is 17.2 Å². The molecule has 0 bridgehead atoms. The van der Waals surface area contributed by atoms with Crippen LogP contribution >= 0.6 is 11.6 Å². The van der Waals surface area contributed by atoms with Gasteiger partial charge in [0.15, 0.2) is 5.58 Å². The van der Waals surface area contributed by atoms with Gasteiger partial charge in [0, 0.05) is 23.2 Å². The Kier molecular flexibility index (Phi) is 6.21. The highest BCUT2D eigenvalue weighted by atomic mass is 35.5. The number of aromatic nitrogens is 1. The van der Waals surface area contributed by atoms with Crippen LogP contribution in [0, 0.1) is 0 Å². The van der Waals surface area contributed by atoms with Crippen LogP contribution in [0.15, 0.2) is 71.1 Å². The number of aromatic hydroxyl groups is 1. The normalized spacial score (nSPS) is 12.1. The Morgan fingerprint density at radius 1 is 1.13 bits per heavy atom. The van der Waals surface area contributed by atoms with Crippen molar-refractivity contribution in [2.75, 3.05) is 13.6 Å². The van der Waals surface area contributed by atoms with Crippen LogP contribution in [0.3, 0.4) is 0 Å². The first-order valence-corrected chi connectivity index (χ1v) is 10.3. The smallest absolute Gasteiger partial charge is 0.255 e. The van der Waals surface area contributed by atoms with Crippen LogP contribution in [0.2, 0.25) is 5.02 Å². The molecule has 6 nitrogen and oxygen atoms in total. The summed E-state index contributed by atoms with van der Waals surface area (Å²) in [6.45, 7) is 0.413. The molecule has 1 unspecified atom stereocenters. The van der Waals surface area contributed by atoms with Gasteiger partial charge in [-0.2, -0.15) is 0 Å². The van der Waals surface area contributed by atoms with Gasteiger partial charge in [-0.3, -0.25) is 4.79 Å². The number of fused-ring (bicyclic) bond motifs is 1. The molecule has 1 atom stereocenters. The molecule has 1 aromatic heterocycles. The fourth-order valence-electron chi connectivity index (χ4n) is 3.35. The summed E-state index contributed by atoms with van der Waals surface area (Å²) in [6, 6.07) is 19.7. The maximum absolute atomic E-state index is 12.3. The summed E-state index contributed by atoms with van der Waals surface area (Å²) < 4.78 is 5.87. The monoisotopic (exact) mass is 435 g/mol. The number of hydrogen-bond donors (Lipinski definition) is 3. The van der Waals surface area contributed by atoms with Gasteiger partial charge in [0.2, 0.25) is 5.89 Å². The van der Waals surface area contributed by atoms with Crippen molar-refractivity contribution in [3.63, 3.8) is 0 Å². The van der Waals surface area contributed by atoms with Crippen molar-refractivity contribution in [2.24, 2.45) is 0 Å². The predicted molar refractivity (Wildman–Crippen MR) is 121 cm³/mol. The predicted octanol–water partition coefficient (Wildman–Crippen LogP) is 4.41. The van der Waals surface area contributed by atoms with Gasteiger partial charge in [0.05, 0.1) is 5.56 Å². The van der Waals surface area contributed by atoms with E-state index in [-0.39, 0.29) is 23.3 Å². The van der Waals surface area contributed by atoms with E-state index < -0.39 is 0 Å². The topological polar surface area (TPSA) is 87.4 Å². The number of nitrogens with one attached hydrogen (secondary N) is 2. The lowest BCUT2D eigenvalue weighted by atomic mass is 10.1. The number of benzene rings is 3. The Morgan fingerprint density at radius 2 is 1.90 bits per heavy atom. The first kappa shape index (κ1) is 20.9. The second-order valence-corrected chi connectivity index (χ2v) is 7.68. The van der Waals surface area contributed by atoms with E-state index in [9.17, 15) is 9.90 Å². The van der Waals surface area contributed by atoms with Crippen molar-refractivity contribution >= 4 is 28.6 Å². The molecule has 0 aliphatic rings. The number of phenols is 1. The molecule has 0 spiro atoms. The van der Waals surface area contributed by atoms with Crippen LogP contribution in [0.25, 0.3) is 22.6 Å². The standard InChI is InChI=1S/C24H22ClN3O3/c1-26-18(14-27-23(30)19-4-2-3-5-21(19)29)12-15-6-11-22-20(13-15)28-24(31-22)16-7-9-17(25)10-8-16/h2-11,13,18,26,29H,12,14H2,1H3,(H,27,30). The summed E-state index contributed by atoms with van der Waals surface area (Å²) in [5.74, 6) is 0.204. The molecule has 1 heterocycles. The molecule has 158 valence electrons. The van der Waals surface area contributed by atoms with Crippen molar-refractivity contribution in [2.45, 2.75) is 12.5 Å². The molecular formula is C24H22ClN3O3. The highest BCUT2D eigenvalue weighted by Gasteiger charge is 2.15. The maximum Gasteiger partial charge on any atom is 0.255 e. The molecule has 0 aliphatic carbocycles.